The van der Waals surface area contributed by atoms with Gasteiger partial charge >= 0.3 is 0 Å². The number of amides is 1. The Labute approximate surface area is 81.1 Å². The average molecular weight is 194 g/mol. The van der Waals surface area contributed by atoms with Gasteiger partial charge in [0.2, 0.25) is 5.91 Å². The predicted octanol–water partition coefficient (Wildman–Crippen LogP) is 0.847. The van der Waals surface area contributed by atoms with Crippen molar-refractivity contribution in [2.45, 2.75) is 18.3 Å². The highest BCUT2D eigenvalue weighted by atomic mass is 19.1. The van der Waals surface area contributed by atoms with Gasteiger partial charge in [-0.05, 0) is 30.5 Å². The number of hydrogen-bond acceptors (Lipinski definition) is 2. The molecule has 1 aromatic rings. The topological polar surface area (TPSA) is 55.1 Å². The first kappa shape index (κ1) is 9.15. The number of nitrogens with one attached hydrogen (secondary N) is 1. The quantitative estimate of drug-likeness (QED) is 0.416. The molecule has 74 valence electrons. The van der Waals surface area contributed by atoms with Gasteiger partial charge in [-0.25, -0.2) is 10.2 Å². The maximum Gasteiger partial charge on any atom is 0.244 e. The van der Waals surface area contributed by atoms with Crippen LogP contribution in [0.15, 0.2) is 24.3 Å². The lowest BCUT2D eigenvalue weighted by Crippen LogP contribution is -2.39. The number of hydrazine groups is 1. The first-order valence-corrected chi connectivity index (χ1v) is 4.46. The van der Waals surface area contributed by atoms with Crippen LogP contribution in [0.25, 0.3) is 0 Å². The molecule has 0 saturated heterocycles. The first-order chi connectivity index (χ1) is 6.69. The highest BCUT2D eigenvalue weighted by Gasteiger charge is 2.50. The van der Waals surface area contributed by atoms with E-state index >= 15 is 0 Å². The molecule has 1 aliphatic rings. The van der Waals surface area contributed by atoms with Crippen LogP contribution in [0.4, 0.5) is 4.39 Å². The van der Waals surface area contributed by atoms with Gasteiger partial charge in [-0.15, -0.1) is 0 Å². The molecular weight excluding hydrogens is 183 g/mol. The number of hydrogen-bond donors (Lipinski definition) is 2. The molecule has 0 aliphatic heterocycles. The maximum absolute atomic E-state index is 12.7. The molecule has 3 nitrogen and oxygen atoms in total. The molecule has 1 aromatic carbocycles. The summed E-state index contributed by atoms with van der Waals surface area (Å²) in [5.74, 6) is 4.61. The van der Waals surface area contributed by atoms with Crippen LogP contribution >= 0.6 is 0 Å². The molecule has 1 saturated carbocycles. The van der Waals surface area contributed by atoms with Crippen molar-refractivity contribution in [1.29, 1.82) is 0 Å². The summed E-state index contributed by atoms with van der Waals surface area (Å²) >= 11 is 0. The minimum atomic E-state index is -0.498. The molecule has 0 heterocycles. The van der Waals surface area contributed by atoms with Gasteiger partial charge in [0.15, 0.2) is 0 Å². The molecule has 1 fully saturated rings. The molecule has 1 aliphatic carbocycles. The molecule has 0 atom stereocenters. The van der Waals surface area contributed by atoms with Crippen LogP contribution in [0.3, 0.4) is 0 Å². The molecule has 14 heavy (non-hydrogen) atoms. The summed E-state index contributed by atoms with van der Waals surface area (Å²) in [6, 6.07) is 5.99. The average Bonchev–Trinajstić information content (AvgIpc) is 2.99. The van der Waals surface area contributed by atoms with Crippen LogP contribution in [-0.2, 0) is 10.2 Å². The third-order valence-electron chi connectivity index (χ3n) is 2.71. The van der Waals surface area contributed by atoms with Crippen molar-refractivity contribution in [2.24, 2.45) is 5.84 Å². The summed E-state index contributed by atoms with van der Waals surface area (Å²) in [5.41, 5.74) is 2.49. The second kappa shape index (κ2) is 3.06. The van der Waals surface area contributed by atoms with Crippen LogP contribution in [0, 0.1) is 5.82 Å². The lowest BCUT2D eigenvalue weighted by molar-refractivity contribution is -0.123. The fourth-order valence-corrected chi connectivity index (χ4v) is 1.68. The smallest absolute Gasteiger partial charge is 0.244 e. The summed E-state index contributed by atoms with van der Waals surface area (Å²) in [6.45, 7) is 0. The molecule has 0 aromatic heterocycles. The number of nitrogens with two attached hydrogens (primary N) is 1. The Bertz CT molecular complexity index is 357. The van der Waals surface area contributed by atoms with Crippen molar-refractivity contribution >= 4 is 5.91 Å². The van der Waals surface area contributed by atoms with Crippen LogP contribution < -0.4 is 11.3 Å². The molecule has 0 unspecified atom stereocenters. The number of carbonyl (C=O) groups is 1. The Balaban J connectivity index is 2.31. The minimum Gasteiger partial charge on any atom is -0.293 e. The normalized spacial score (nSPS) is 17.6. The standard InChI is InChI=1S/C10H11FN2O/c11-8-3-1-7(2-4-8)10(5-6-10)9(14)13-12/h1-4H,5-6,12H2,(H,13,14). The third kappa shape index (κ3) is 1.28. The molecule has 1 amide bonds. The van der Waals surface area contributed by atoms with E-state index in [1.807, 2.05) is 0 Å². The highest BCUT2D eigenvalue weighted by Crippen LogP contribution is 2.48. The van der Waals surface area contributed by atoms with Crippen LogP contribution in [0.2, 0.25) is 0 Å². The second-order valence-corrected chi connectivity index (χ2v) is 3.56. The molecule has 0 bridgehead atoms. The Morgan fingerprint density at radius 3 is 2.36 bits per heavy atom. The zero-order valence-corrected chi connectivity index (χ0v) is 7.59. The van der Waals surface area contributed by atoms with Crippen LogP contribution in [0.5, 0.6) is 0 Å². The van der Waals surface area contributed by atoms with Crippen molar-refractivity contribution in [3.8, 4) is 0 Å². The van der Waals surface area contributed by atoms with Crippen LogP contribution in [-0.4, -0.2) is 5.91 Å². The lowest BCUT2D eigenvalue weighted by Gasteiger charge is -2.12. The second-order valence-electron chi connectivity index (χ2n) is 3.56. The first-order valence-electron chi connectivity index (χ1n) is 4.46. The number of benzene rings is 1. The number of carbonyl (C=O) groups excluding carboxylic acids is 1. The van der Waals surface area contributed by atoms with E-state index in [1.165, 1.54) is 12.1 Å². The maximum atomic E-state index is 12.7. The Hall–Kier alpha value is -1.42. The predicted molar refractivity (Wildman–Crippen MR) is 49.6 cm³/mol. The summed E-state index contributed by atoms with van der Waals surface area (Å²) < 4.78 is 12.7. The van der Waals surface area contributed by atoms with Gasteiger partial charge in [-0.1, -0.05) is 12.1 Å². The Morgan fingerprint density at radius 1 is 1.36 bits per heavy atom. The largest absolute Gasteiger partial charge is 0.293 e. The monoisotopic (exact) mass is 194 g/mol. The van der Waals surface area contributed by atoms with Gasteiger partial charge in [-0.2, -0.15) is 0 Å². The number of rotatable bonds is 2. The molecule has 4 heteroatoms. The van der Waals surface area contributed by atoms with Gasteiger partial charge in [-0.3, -0.25) is 10.2 Å². The highest BCUT2D eigenvalue weighted by molar-refractivity contribution is 5.90. The van der Waals surface area contributed by atoms with Gasteiger partial charge < -0.3 is 0 Å². The van der Waals surface area contributed by atoms with Gasteiger partial charge in [0.05, 0.1) is 5.41 Å². The van der Waals surface area contributed by atoms with E-state index < -0.39 is 5.41 Å². The van der Waals surface area contributed by atoms with Gasteiger partial charge in [0.25, 0.3) is 0 Å². The SMILES string of the molecule is NNC(=O)C1(c2ccc(F)cc2)CC1. The third-order valence-corrected chi connectivity index (χ3v) is 2.71. The van der Waals surface area contributed by atoms with Gasteiger partial charge in [0, 0.05) is 0 Å². The van der Waals surface area contributed by atoms with E-state index in [2.05, 4.69) is 5.43 Å². The summed E-state index contributed by atoms with van der Waals surface area (Å²) in [5, 5.41) is 0. The minimum absolute atomic E-state index is 0.191. The van der Waals surface area contributed by atoms with Crippen molar-refractivity contribution in [3.05, 3.63) is 35.6 Å². The fourth-order valence-electron chi connectivity index (χ4n) is 1.68. The van der Waals surface area contributed by atoms with E-state index in [9.17, 15) is 9.18 Å². The van der Waals surface area contributed by atoms with Crippen LogP contribution in [0.1, 0.15) is 18.4 Å². The van der Waals surface area contributed by atoms with E-state index in [0.29, 0.717) is 0 Å². The van der Waals surface area contributed by atoms with E-state index in [1.54, 1.807) is 12.1 Å². The summed E-state index contributed by atoms with van der Waals surface area (Å²) in [6.07, 6.45) is 1.56. The van der Waals surface area contributed by atoms with Crippen molar-refractivity contribution in [3.63, 3.8) is 0 Å². The van der Waals surface area contributed by atoms with Crippen molar-refractivity contribution in [2.75, 3.05) is 0 Å². The Morgan fingerprint density at radius 2 is 1.93 bits per heavy atom. The number of halogens is 1. The molecule has 0 spiro atoms. The van der Waals surface area contributed by atoms with E-state index in [-0.39, 0.29) is 11.7 Å². The molecule has 2 rings (SSSR count). The summed E-state index contributed by atoms with van der Waals surface area (Å²) in [4.78, 5) is 11.5. The summed E-state index contributed by atoms with van der Waals surface area (Å²) in [7, 11) is 0. The molecule has 0 radical (unpaired) electrons. The van der Waals surface area contributed by atoms with E-state index in [4.69, 9.17) is 5.84 Å². The zero-order valence-electron chi connectivity index (χ0n) is 7.59. The lowest BCUT2D eigenvalue weighted by atomic mass is 9.95. The van der Waals surface area contributed by atoms with Crippen molar-refractivity contribution in [1.82, 2.24) is 5.43 Å². The zero-order chi connectivity index (χ0) is 10.2. The fraction of sp³-hybridized carbons (Fsp3) is 0.300. The molecular formula is C10H11FN2O. The molecule has 3 N–H and O–H groups in total. The Kier molecular flexibility index (Phi) is 2.00. The van der Waals surface area contributed by atoms with E-state index in [0.717, 1.165) is 18.4 Å². The van der Waals surface area contributed by atoms with Gasteiger partial charge in [0.1, 0.15) is 5.82 Å². The van der Waals surface area contributed by atoms with Crippen molar-refractivity contribution < 1.29 is 9.18 Å².